The van der Waals surface area contributed by atoms with Gasteiger partial charge in [0, 0.05) is 31.5 Å². The minimum absolute atomic E-state index is 0.107. The average Bonchev–Trinajstić information content (AvgIpc) is 3.25. The fraction of sp³-hybridized carbons (Fsp3) is 0.429. The van der Waals surface area contributed by atoms with Gasteiger partial charge in [0.2, 0.25) is 11.8 Å². The zero-order valence-corrected chi connectivity index (χ0v) is 22.5. The number of rotatable bonds is 9. The van der Waals surface area contributed by atoms with E-state index >= 15 is 0 Å². The molecule has 38 heavy (non-hydrogen) atoms. The van der Waals surface area contributed by atoms with E-state index in [0.29, 0.717) is 17.9 Å². The standard InChI is InChI=1S/C26H33N3O5.C2H4O2/c1-16(2)12-22(26(32)33-4)29(23-15-34-24-11-10-19(27)14-20(23)24)25(31)21(28-17(3)30)13-18-8-6-5-7-9-18;1-2(3)4/h5-11,14,16,21-23H,12-13,15,27H2,1-4H3,(H,28,30);1H3,(H,3,4)/t21?,22-,23+;/m0./s1. The third kappa shape index (κ3) is 8.50. The van der Waals surface area contributed by atoms with Crippen LogP contribution in [0.1, 0.15) is 51.3 Å². The highest BCUT2D eigenvalue weighted by molar-refractivity contribution is 5.91. The van der Waals surface area contributed by atoms with Crippen molar-refractivity contribution < 1.29 is 33.8 Å². The highest BCUT2D eigenvalue weighted by Crippen LogP contribution is 2.39. The molecule has 0 aliphatic carbocycles. The Morgan fingerprint density at radius 2 is 1.76 bits per heavy atom. The maximum atomic E-state index is 14.1. The van der Waals surface area contributed by atoms with Gasteiger partial charge in [0.1, 0.15) is 24.4 Å². The number of carbonyl (C=O) groups excluding carboxylic acids is 3. The molecule has 4 N–H and O–H groups in total. The first kappa shape index (κ1) is 30.1. The number of anilines is 1. The summed E-state index contributed by atoms with van der Waals surface area (Å²) in [5.41, 5.74) is 8.18. The molecule has 0 saturated heterocycles. The molecule has 10 nitrogen and oxygen atoms in total. The first-order chi connectivity index (χ1) is 17.9. The molecule has 0 radical (unpaired) electrons. The summed E-state index contributed by atoms with van der Waals surface area (Å²) in [5.74, 6) is -1.33. The van der Waals surface area contributed by atoms with Gasteiger partial charge in [-0.25, -0.2) is 4.79 Å². The van der Waals surface area contributed by atoms with Crippen LogP contribution in [0.2, 0.25) is 0 Å². The van der Waals surface area contributed by atoms with Crippen molar-refractivity contribution in [1.29, 1.82) is 0 Å². The SMILES string of the molecule is CC(=O)O.COC(=O)[C@H](CC(C)C)N(C(=O)C(Cc1ccccc1)NC(C)=O)[C@@H]1COc2ccc(N)cc21. The number of nitrogens with two attached hydrogens (primary N) is 1. The zero-order valence-electron chi connectivity index (χ0n) is 22.5. The lowest BCUT2D eigenvalue weighted by atomic mass is 9.95. The molecule has 0 fully saturated rings. The number of carboxylic acid groups (broad SMARTS) is 1. The Bertz CT molecular complexity index is 1120. The Balaban J connectivity index is 0.00000118. The number of amides is 2. The van der Waals surface area contributed by atoms with Crippen molar-refractivity contribution >= 4 is 29.4 Å². The van der Waals surface area contributed by atoms with Crippen LogP contribution in [0.3, 0.4) is 0 Å². The van der Waals surface area contributed by atoms with E-state index in [0.717, 1.165) is 18.1 Å². The molecule has 0 saturated carbocycles. The molecule has 2 aromatic rings. The molecule has 0 aromatic heterocycles. The van der Waals surface area contributed by atoms with Crippen LogP contribution in [0, 0.1) is 5.92 Å². The summed E-state index contributed by atoms with van der Waals surface area (Å²) in [6, 6.07) is 12.4. The highest BCUT2D eigenvalue weighted by atomic mass is 16.5. The number of nitrogens with one attached hydrogen (secondary N) is 1. The number of methoxy groups -OCH3 is 1. The first-order valence-electron chi connectivity index (χ1n) is 12.4. The fourth-order valence-corrected chi connectivity index (χ4v) is 4.35. The van der Waals surface area contributed by atoms with Gasteiger partial charge in [-0.1, -0.05) is 44.2 Å². The van der Waals surface area contributed by atoms with Crippen LogP contribution >= 0.6 is 0 Å². The van der Waals surface area contributed by atoms with Gasteiger partial charge in [0.05, 0.1) is 13.2 Å². The number of aliphatic carboxylic acids is 1. The second-order valence-electron chi connectivity index (χ2n) is 9.50. The summed E-state index contributed by atoms with van der Waals surface area (Å²) in [6.07, 6.45) is 0.674. The van der Waals surface area contributed by atoms with Crippen LogP contribution in [0.15, 0.2) is 48.5 Å². The summed E-state index contributed by atoms with van der Waals surface area (Å²) < 4.78 is 11.0. The number of hydrogen-bond acceptors (Lipinski definition) is 7. The van der Waals surface area contributed by atoms with E-state index in [1.807, 2.05) is 44.2 Å². The molecule has 3 rings (SSSR count). The van der Waals surface area contributed by atoms with E-state index in [-0.39, 0.29) is 30.8 Å². The van der Waals surface area contributed by atoms with Gasteiger partial charge in [0.25, 0.3) is 5.97 Å². The van der Waals surface area contributed by atoms with Gasteiger partial charge in [0.15, 0.2) is 0 Å². The Labute approximate surface area is 223 Å². The first-order valence-corrected chi connectivity index (χ1v) is 12.4. The predicted octanol–water partition coefficient (Wildman–Crippen LogP) is 2.96. The molecule has 2 amide bonds. The lowest BCUT2D eigenvalue weighted by molar-refractivity contribution is -0.157. The third-order valence-electron chi connectivity index (χ3n) is 5.84. The van der Waals surface area contributed by atoms with E-state index < -0.39 is 30.1 Å². The Morgan fingerprint density at radius 1 is 1.13 bits per heavy atom. The van der Waals surface area contributed by atoms with E-state index in [1.165, 1.54) is 18.9 Å². The minimum atomic E-state index is -0.871. The molecular formula is C28H37N3O7. The van der Waals surface area contributed by atoms with Crippen molar-refractivity contribution in [3.05, 3.63) is 59.7 Å². The van der Waals surface area contributed by atoms with Crippen LogP contribution in [0.4, 0.5) is 5.69 Å². The van der Waals surface area contributed by atoms with E-state index in [4.69, 9.17) is 25.1 Å². The number of ether oxygens (including phenoxy) is 2. The van der Waals surface area contributed by atoms with Gasteiger partial charge < -0.3 is 30.5 Å². The number of benzene rings is 2. The molecule has 2 aromatic carbocycles. The Morgan fingerprint density at radius 3 is 2.32 bits per heavy atom. The van der Waals surface area contributed by atoms with Crippen molar-refractivity contribution in [1.82, 2.24) is 10.2 Å². The Hall–Kier alpha value is -4.08. The highest BCUT2D eigenvalue weighted by Gasteiger charge is 2.43. The maximum Gasteiger partial charge on any atom is 0.328 e. The quantitative estimate of drug-likeness (QED) is 0.333. The second-order valence-corrected chi connectivity index (χ2v) is 9.50. The van der Waals surface area contributed by atoms with Gasteiger partial charge in [-0.2, -0.15) is 0 Å². The normalized spacial score (nSPS) is 15.2. The van der Waals surface area contributed by atoms with Gasteiger partial charge >= 0.3 is 5.97 Å². The third-order valence-corrected chi connectivity index (χ3v) is 5.84. The van der Waals surface area contributed by atoms with Crippen molar-refractivity contribution in [2.75, 3.05) is 19.5 Å². The minimum Gasteiger partial charge on any atom is -0.491 e. The molecule has 1 heterocycles. The number of hydrogen-bond donors (Lipinski definition) is 3. The smallest absolute Gasteiger partial charge is 0.328 e. The number of nitrogen functional groups attached to an aromatic ring is 1. The van der Waals surface area contributed by atoms with Crippen LogP contribution in [-0.2, 0) is 30.3 Å². The summed E-state index contributed by atoms with van der Waals surface area (Å²) in [5, 5.41) is 10.2. The summed E-state index contributed by atoms with van der Waals surface area (Å²) in [6.45, 7) is 6.58. The van der Waals surface area contributed by atoms with Gasteiger partial charge in [-0.15, -0.1) is 0 Å². The monoisotopic (exact) mass is 527 g/mol. The number of esters is 1. The molecule has 206 valence electrons. The number of carbonyl (C=O) groups is 4. The number of nitrogens with zero attached hydrogens (tertiary/aromatic N) is 1. The van der Waals surface area contributed by atoms with Crippen LogP contribution in [-0.4, -0.2) is 59.6 Å². The summed E-state index contributed by atoms with van der Waals surface area (Å²) >= 11 is 0. The van der Waals surface area contributed by atoms with Gasteiger partial charge in [-0.3, -0.25) is 14.4 Å². The molecule has 0 bridgehead atoms. The lowest BCUT2D eigenvalue weighted by Crippen LogP contribution is -2.56. The lowest BCUT2D eigenvalue weighted by Gasteiger charge is -2.37. The largest absolute Gasteiger partial charge is 0.491 e. The number of fused-ring (bicyclic) bond motifs is 1. The van der Waals surface area contributed by atoms with E-state index in [1.54, 1.807) is 18.2 Å². The van der Waals surface area contributed by atoms with E-state index in [2.05, 4.69) is 5.32 Å². The fourth-order valence-electron chi connectivity index (χ4n) is 4.35. The van der Waals surface area contributed by atoms with Crippen molar-refractivity contribution in [2.45, 2.75) is 58.7 Å². The molecule has 3 atom stereocenters. The van der Waals surface area contributed by atoms with Crippen LogP contribution in [0.25, 0.3) is 0 Å². The van der Waals surface area contributed by atoms with Crippen molar-refractivity contribution in [3.63, 3.8) is 0 Å². The van der Waals surface area contributed by atoms with Crippen molar-refractivity contribution in [2.24, 2.45) is 5.92 Å². The summed E-state index contributed by atoms with van der Waals surface area (Å²) in [4.78, 5) is 49.7. The van der Waals surface area contributed by atoms with Crippen LogP contribution in [0.5, 0.6) is 5.75 Å². The zero-order chi connectivity index (χ0) is 28.4. The summed E-state index contributed by atoms with van der Waals surface area (Å²) in [7, 11) is 1.31. The Kier molecular flexibility index (Phi) is 11.1. The number of carboxylic acids is 1. The second kappa shape index (κ2) is 14.0. The van der Waals surface area contributed by atoms with Gasteiger partial charge in [-0.05, 0) is 36.1 Å². The van der Waals surface area contributed by atoms with Crippen LogP contribution < -0.4 is 15.8 Å². The topological polar surface area (TPSA) is 148 Å². The molecular weight excluding hydrogens is 490 g/mol. The predicted molar refractivity (Wildman–Crippen MR) is 142 cm³/mol. The maximum absolute atomic E-state index is 14.1. The molecule has 1 aliphatic heterocycles. The molecule has 0 spiro atoms. The molecule has 1 unspecified atom stereocenters. The average molecular weight is 528 g/mol. The molecule has 10 heteroatoms. The molecule has 1 aliphatic rings. The van der Waals surface area contributed by atoms with E-state index in [9.17, 15) is 14.4 Å². The van der Waals surface area contributed by atoms with Crippen molar-refractivity contribution in [3.8, 4) is 5.75 Å².